The molecule has 0 aromatic heterocycles. The Bertz CT molecular complexity index is 528. The second-order valence-corrected chi connectivity index (χ2v) is 5.50. The van der Waals surface area contributed by atoms with Gasteiger partial charge in [0.2, 0.25) is 0 Å². The molecule has 0 radical (unpaired) electrons. The maximum Gasteiger partial charge on any atom is 0.0467 e. The van der Waals surface area contributed by atoms with E-state index in [1.54, 1.807) is 0 Å². The zero-order valence-electron chi connectivity index (χ0n) is 10.9. The lowest BCUT2D eigenvalue weighted by Crippen LogP contribution is -2.21. The fraction of sp³-hybridized carbons (Fsp3) is 0.250. The molecule has 0 bridgehead atoms. The molecule has 0 N–H and O–H groups in total. The smallest absolute Gasteiger partial charge is 0.0467 e. The number of rotatable bonds is 5. The normalized spacial score (nSPS) is 10.5. The molecule has 0 unspecified atom stereocenters. The molecule has 0 aliphatic carbocycles. The van der Waals surface area contributed by atoms with Gasteiger partial charge in [-0.1, -0.05) is 63.9 Å². The number of halogens is 2. The third-order valence-electron chi connectivity index (χ3n) is 3.22. The van der Waals surface area contributed by atoms with Crippen LogP contribution in [0.5, 0.6) is 0 Å². The molecule has 100 valence electrons. The van der Waals surface area contributed by atoms with E-state index in [1.807, 2.05) is 18.2 Å². The Hall–Kier alpha value is -0.990. The van der Waals surface area contributed by atoms with Crippen LogP contribution in [0.1, 0.15) is 11.1 Å². The zero-order chi connectivity index (χ0) is 13.7. The molecule has 3 heteroatoms. The maximum atomic E-state index is 6.23. The second-order valence-electron chi connectivity index (χ2n) is 4.53. The quantitative estimate of drug-likeness (QED) is 0.700. The molecule has 2 aromatic carbocycles. The summed E-state index contributed by atoms with van der Waals surface area (Å²) in [5.74, 6) is 0. The van der Waals surface area contributed by atoms with Gasteiger partial charge in [0, 0.05) is 35.2 Å². The van der Waals surface area contributed by atoms with E-state index in [-0.39, 0.29) is 0 Å². The average molecular weight is 339 g/mol. The highest BCUT2D eigenvalue weighted by molar-refractivity contribution is 9.08. The Labute approximate surface area is 128 Å². The van der Waals surface area contributed by atoms with E-state index in [0.29, 0.717) is 0 Å². The minimum absolute atomic E-state index is 0.775. The summed E-state index contributed by atoms with van der Waals surface area (Å²) in [5, 5.41) is 1.60. The van der Waals surface area contributed by atoms with Crippen LogP contribution in [0.3, 0.4) is 0 Å². The molecule has 2 rings (SSSR count). The first-order chi connectivity index (χ1) is 9.22. The zero-order valence-corrected chi connectivity index (χ0v) is 13.3. The van der Waals surface area contributed by atoms with E-state index in [2.05, 4.69) is 58.2 Å². The minimum atomic E-state index is 0.775. The maximum absolute atomic E-state index is 6.23. The molecule has 0 spiro atoms. The van der Waals surface area contributed by atoms with E-state index in [1.165, 1.54) is 11.3 Å². The lowest BCUT2D eigenvalue weighted by molar-refractivity contribution is 0.873. The minimum Gasteiger partial charge on any atom is -0.374 e. The van der Waals surface area contributed by atoms with E-state index in [9.17, 15) is 0 Å². The van der Waals surface area contributed by atoms with Crippen molar-refractivity contribution in [3.05, 3.63) is 64.7 Å². The van der Waals surface area contributed by atoms with Crippen LogP contribution in [0, 0.1) is 0 Å². The number of anilines is 1. The standard InChI is InChI=1S/C16H17BrClN/c1-19(11-10-13-6-3-2-4-7-13)16-9-5-8-15(18)14(16)12-17/h2-9H,10-12H2,1H3. The van der Waals surface area contributed by atoms with Gasteiger partial charge in [-0.3, -0.25) is 0 Å². The SMILES string of the molecule is CN(CCc1ccccc1)c1cccc(Cl)c1CBr. The Balaban J connectivity index is 2.08. The molecule has 0 aliphatic rings. The van der Waals surface area contributed by atoms with E-state index in [0.717, 1.165) is 28.9 Å². The number of hydrogen-bond donors (Lipinski definition) is 0. The summed E-state index contributed by atoms with van der Waals surface area (Å²) in [6.07, 6.45) is 1.03. The van der Waals surface area contributed by atoms with Crippen LogP contribution >= 0.6 is 27.5 Å². The monoisotopic (exact) mass is 337 g/mol. The number of hydrogen-bond acceptors (Lipinski definition) is 1. The molecule has 0 amide bonds. The van der Waals surface area contributed by atoms with Gasteiger partial charge in [0.15, 0.2) is 0 Å². The molecule has 0 aliphatic heterocycles. The van der Waals surface area contributed by atoms with Gasteiger partial charge in [0.1, 0.15) is 0 Å². The van der Waals surface area contributed by atoms with Crippen molar-refractivity contribution >= 4 is 33.2 Å². The molecule has 0 heterocycles. The van der Waals surface area contributed by atoms with Crippen LogP contribution in [0.15, 0.2) is 48.5 Å². The number of nitrogens with zero attached hydrogens (tertiary/aromatic N) is 1. The molecule has 0 saturated heterocycles. The van der Waals surface area contributed by atoms with Gasteiger partial charge in [-0.2, -0.15) is 0 Å². The summed E-state index contributed by atoms with van der Waals surface area (Å²) in [4.78, 5) is 2.26. The Morgan fingerprint density at radius 3 is 2.47 bits per heavy atom. The van der Waals surface area contributed by atoms with Crippen LogP contribution in [0.25, 0.3) is 0 Å². The lowest BCUT2D eigenvalue weighted by Gasteiger charge is -2.22. The van der Waals surface area contributed by atoms with Crippen LogP contribution in [0.2, 0.25) is 5.02 Å². The summed E-state index contributed by atoms with van der Waals surface area (Å²) < 4.78 is 0. The first kappa shape index (κ1) is 14.4. The number of likely N-dealkylation sites (N-methyl/N-ethyl adjacent to an activating group) is 1. The van der Waals surface area contributed by atoms with Crippen molar-refractivity contribution < 1.29 is 0 Å². The van der Waals surface area contributed by atoms with Gasteiger partial charge < -0.3 is 4.90 Å². The summed E-state index contributed by atoms with van der Waals surface area (Å²) >= 11 is 9.75. The van der Waals surface area contributed by atoms with Crippen LogP contribution in [-0.2, 0) is 11.8 Å². The molecule has 19 heavy (non-hydrogen) atoms. The Kier molecular flexibility index (Phi) is 5.29. The van der Waals surface area contributed by atoms with Gasteiger partial charge in [-0.05, 0) is 24.1 Å². The van der Waals surface area contributed by atoms with Crippen molar-refractivity contribution in [3.8, 4) is 0 Å². The number of benzene rings is 2. The van der Waals surface area contributed by atoms with Crippen molar-refractivity contribution in [2.45, 2.75) is 11.8 Å². The predicted molar refractivity (Wildman–Crippen MR) is 87.5 cm³/mol. The first-order valence-electron chi connectivity index (χ1n) is 6.31. The fourth-order valence-corrected chi connectivity index (χ4v) is 3.09. The van der Waals surface area contributed by atoms with Crippen LogP contribution in [-0.4, -0.2) is 13.6 Å². The Morgan fingerprint density at radius 1 is 1.05 bits per heavy atom. The fourth-order valence-electron chi connectivity index (χ4n) is 2.10. The molecule has 0 saturated carbocycles. The van der Waals surface area contributed by atoms with Gasteiger partial charge in [-0.25, -0.2) is 0 Å². The topological polar surface area (TPSA) is 3.24 Å². The highest BCUT2D eigenvalue weighted by Crippen LogP contribution is 2.29. The van der Waals surface area contributed by atoms with Gasteiger partial charge in [0.25, 0.3) is 0 Å². The van der Waals surface area contributed by atoms with Crippen LogP contribution < -0.4 is 4.90 Å². The van der Waals surface area contributed by atoms with Crippen molar-refractivity contribution in [2.24, 2.45) is 0 Å². The first-order valence-corrected chi connectivity index (χ1v) is 7.80. The summed E-state index contributed by atoms with van der Waals surface area (Å²) in [5.41, 5.74) is 3.71. The lowest BCUT2D eigenvalue weighted by atomic mass is 10.1. The molecule has 0 atom stereocenters. The van der Waals surface area contributed by atoms with E-state index >= 15 is 0 Å². The molecule has 0 fully saturated rings. The molecular formula is C16H17BrClN. The van der Waals surface area contributed by atoms with Gasteiger partial charge >= 0.3 is 0 Å². The molecule has 1 nitrogen and oxygen atoms in total. The van der Waals surface area contributed by atoms with Gasteiger partial charge in [-0.15, -0.1) is 0 Å². The highest BCUT2D eigenvalue weighted by Gasteiger charge is 2.09. The van der Waals surface area contributed by atoms with Crippen molar-refractivity contribution in [2.75, 3.05) is 18.5 Å². The summed E-state index contributed by atoms with van der Waals surface area (Å²) in [6, 6.07) is 16.6. The summed E-state index contributed by atoms with van der Waals surface area (Å²) in [7, 11) is 2.11. The van der Waals surface area contributed by atoms with E-state index < -0.39 is 0 Å². The third kappa shape index (κ3) is 3.74. The summed E-state index contributed by atoms with van der Waals surface area (Å²) in [6.45, 7) is 0.977. The van der Waals surface area contributed by atoms with Crippen molar-refractivity contribution in [1.82, 2.24) is 0 Å². The Morgan fingerprint density at radius 2 is 1.79 bits per heavy atom. The van der Waals surface area contributed by atoms with Crippen molar-refractivity contribution in [3.63, 3.8) is 0 Å². The average Bonchev–Trinajstić information content (AvgIpc) is 2.45. The molecule has 2 aromatic rings. The largest absolute Gasteiger partial charge is 0.374 e. The van der Waals surface area contributed by atoms with Crippen LogP contribution in [0.4, 0.5) is 5.69 Å². The predicted octanol–water partition coefficient (Wildman–Crippen LogP) is 4.91. The molecular weight excluding hydrogens is 322 g/mol. The van der Waals surface area contributed by atoms with E-state index in [4.69, 9.17) is 11.6 Å². The second kappa shape index (κ2) is 6.97. The highest BCUT2D eigenvalue weighted by atomic mass is 79.9. The van der Waals surface area contributed by atoms with Gasteiger partial charge in [0.05, 0.1) is 0 Å². The van der Waals surface area contributed by atoms with Crippen molar-refractivity contribution in [1.29, 1.82) is 0 Å². The number of alkyl halides is 1. The third-order valence-corrected chi connectivity index (χ3v) is 4.13.